The summed E-state index contributed by atoms with van der Waals surface area (Å²) >= 11 is 3.45. The lowest BCUT2D eigenvalue weighted by Crippen LogP contribution is -2.40. The molecule has 0 saturated carbocycles. The monoisotopic (exact) mass is 291 g/mol. The molecular weight excluding hydrogens is 270 g/mol. The first-order valence-corrected chi connectivity index (χ1v) is 7.07. The van der Waals surface area contributed by atoms with E-state index in [1.54, 1.807) is 0 Å². The van der Waals surface area contributed by atoms with Gasteiger partial charge in [0.15, 0.2) is 0 Å². The molecule has 0 bridgehead atoms. The van der Waals surface area contributed by atoms with Crippen molar-refractivity contribution in [3.63, 3.8) is 0 Å². The van der Waals surface area contributed by atoms with Gasteiger partial charge in [-0.15, -0.1) is 0 Å². The molecule has 16 heavy (non-hydrogen) atoms. The normalized spacial score (nSPS) is 25.8. The van der Waals surface area contributed by atoms with Crippen LogP contribution >= 0.6 is 15.9 Å². The number of amides is 1. The van der Waals surface area contributed by atoms with Crippen LogP contribution in [0.2, 0.25) is 0 Å². The van der Waals surface area contributed by atoms with Crippen molar-refractivity contribution in [2.75, 3.05) is 18.5 Å². The second-order valence-electron chi connectivity index (χ2n) is 5.23. The molecule has 1 saturated heterocycles. The minimum Gasteiger partial charge on any atom is -0.377 e. The maximum atomic E-state index is 12.0. The van der Waals surface area contributed by atoms with Gasteiger partial charge in [-0.3, -0.25) is 4.79 Å². The summed E-state index contributed by atoms with van der Waals surface area (Å²) in [4.78, 5) is 12.0. The Kier molecular flexibility index (Phi) is 5.25. The Labute approximate surface area is 106 Å². The molecule has 2 unspecified atom stereocenters. The third-order valence-electron chi connectivity index (χ3n) is 3.05. The first kappa shape index (κ1) is 14.0. The van der Waals surface area contributed by atoms with E-state index in [0.717, 1.165) is 24.8 Å². The predicted molar refractivity (Wildman–Crippen MR) is 68.7 cm³/mol. The fraction of sp³-hybridized carbons (Fsp3) is 0.917. The van der Waals surface area contributed by atoms with E-state index in [1.807, 2.05) is 0 Å². The zero-order valence-corrected chi connectivity index (χ0v) is 12.0. The van der Waals surface area contributed by atoms with Crippen LogP contribution < -0.4 is 5.32 Å². The number of carbonyl (C=O) groups is 1. The van der Waals surface area contributed by atoms with Gasteiger partial charge in [-0.1, -0.05) is 36.7 Å². The lowest BCUT2D eigenvalue weighted by molar-refractivity contribution is -0.127. The van der Waals surface area contributed by atoms with E-state index in [9.17, 15) is 4.79 Å². The smallest absolute Gasteiger partial charge is 0.225 e. The minimum atomic E-state index is 0.0520. The molecule has 94 valence electrons. The van der Waals surface area contributed by atoms with E-state index in [1.165, 1.54) is 0 Å². The quantitative estimate of drug-likeness (QED) is 0.790. The lowest BCUT2D eigenvalue weighted by Gasteiger charge is -2.24. The van der Waals surface area contributed by atoms with Crippen LogP contribution in [0.1, 0.15) is 33.6 Å². The molecule has 0 radical (unpaired) electrons. The van der Waals surface area contributed by atoms with Gasteiger partial charge >= 0.3 is 0 Å². The SMILES string of the molecule is CCC1OCCC1C(=O)NCC(C)(C)CBr. The van der Waals surface area contributed by atoms with E-state index in [0.29, 0.717) is 6.54 Å². The van der Waals surface area contributed by atoms with Crippen LogP contribution in [-0.2, 0) is 9.53 Å². The predicted octanol–water partition coefficient (Wildman–Crippen LogP) is 2.34. The van der Waals surface area contributed by atoms with Crippen molar-refractivity contribution in [1.29, 1.82) is 0 Å². The van der Waals surface area contributed by atoms with Crippen molar-refractivity contribution < 1.29 is 9.53 Å². The van der Waals surface area contributed by atoms with Crippen LogP contribution in [0.5, 0.6) is 0 Å². The van der Waals surface area contributed by atoms with Crippen LogP contribution in [0.25, 0.3) is 0 Å². The molecule has 1 fully saturated rings. The number of ether oxygens (including phenoxy) is 1. The van der Waals surface area contributed by atoms with Gasteiger partial charge in [0.2, 0.25) is 5.91 Å². The maximum absolute atomic E-state index is 12.0. The summed E-state index contributed by atoms with van der Waals surface area (Å²) in [6.45, 7) is 7.76. The molecule has 1 amide bonds. The number of alkyl halides is 1. The van der Waals surface area contributed by atoms with Gasteiger partial charge in [0, 0.05) is 18.5 Å². The van der Waals surface area contributed by atoms with Crippen LogP contribution in [0, 0.1) is 11.3 Å². The molecule has 0 aromatic carbocycles. The van der Waals surface area contributed by atoms with E-state index >= 15 is 0 Å². The Morgan fingerprint density at radius 2 is 2.25 bits per heavy atom. The molecule has 1 rings (SSSR count). The summed E-state index contributed by atoms with van der Waals surface area (Å²) in [5.74, 6) is 0.203. The summed E-state index contributed by atoms with van der Waals surface area (Å²) in [6.07, 6.45) is 1.89. The van der Waals surface area contributed by atoms with E-state index < -0.39 is 0 Å². The van der Waals surface area contributed by atoms with Gasteiger partial charge in [-0.2, -0.15) is 0 Å². The molecule has 1 heterocycles. The van der Waals surface area contributed by atoms with Gasteiger partial charge in [0.1, 0.15) is 0 Å². The number of hydrogen-bond acceptors (Lipinski definition) is 2. The number of halogens is 1. The van der Waals surface area contributed by atoms with Crippen molar-refractivity contribution in [3.8, 4) is 0 Å². The third kappa shape index (κ3) is 3.74. The Morgan fingerprint density at radius 3 is 2.81 bits per heavy atom. The summed E-state index contributed by atoms with van der Waals surface area (Å²) in [6, 6.07) is 0. The molecule has 0 aliphatic carbocycles. The molecular formula is C12H22BrNO2. The second kappa shape index (κ2) is 6.01. The van der Waals surface area contributed by atoms with Crippen molar-refractivity contribution >= 4 is 21.8 Å². The molecule has 0 spiro atoms. The molecule has 2 atom stereocenters. The molecule has 1 aliphatic heterocycles. The minimum absolute atomic E-state index is 0.0520. The number of nitrogens with one attached hydrogen (secondary N) is 1. The van der Waals surface area contributed by atoms with Gasteiger partial charge in [0.25, 0.3) is 0 Å². The number of rotatable bonds is 5. The van der Waals surface area contributed by atoms with Gasteiger partial charge in [-0.05, 0) is 18.3 Å². The summed E-state index contributed by atoms with van der Waals surface area (Å²) in [5.41, 5.74) is 0.108. The highest BCUT2D eigenvalue weighted by Crippen LogP contribution is 2.24. The van der Waals surface area contributed by atoms with Gasteiger partial charge < -0.3 is 10.1 Å². The Bertz CT molecular complexity index is 243. The summed E-state index contributed by atoms with van der Waals surface area (Å²) in [7, 11) is 0. The second-order valence-corrected chi connectivity index (χ2v) is 5.79. The molecule has 3 nitrogen and oxygen atoms in total. The highest BCUT2D eigenvalue weighted by molar-refractivity contribution is 9.09. The summed E-state index contributed by atoms with van der Waals surface area (Å²) < 4.78 is 5.52. The van der Waals surface area contributed by atoms with E-state index in [4.69, 9.17) is 4.74 Å². The topological polar surface area (TPSA) is 38.3 Å². The first-order valence-electron chi connectivity index (χ1n) is 5.95. The van der Waals surface area contributed by atoms with Crippen LogP contribution in [0.3, 0.4) is 0 Å². The average molecular weight is 292 g/mol. The molecule has 1 aliphatic rings. The van der Waals surface area contributed by atoms with Crippen LogP contribution in [0.4, 0.5) is 0 Å². The Balaban J connectivity index is 2.40. The van der Waals surface area contributed by atoms with Gasteiger partial charge in [-0.25, -0.2) is 0 Å². The molecule has 0 aromatic heterocycles. The number of hydrogen-bond donors (Lipinski definition) is 1. The highest BCUT2D eigenvalue weighted by atomic mass is 79.9. The summed E-state index contributed by atoms with van der Waals surface area (Å²) in [5, 5.41) is 3.92. The molecule has 0 aromatic rings. The first-order chi connectivity index (χ1) is 7.50. The lowest BCUT2D eigenvalue weighted by atomic mass is 9.95. The third-order valence-corrected chi connectivity index (χ3v) is 4.57. The van der Waals surface area contributed by atoms with Crippen molar-refractivity contribution in [2.45, 2.75) is 39.7 Å². The maximum Gasteiger partial charge on any atom is 0.225 e. The largest absolute Gasteiger partial charge is 0.377 e. The fourth-order valence-corrected chi connectivity index (χ4v) is 2.05. The Hall–Kier alpha value is -0.0900. The number of carbonyl (C=O) groups excluding carboxylic acids is 1. The average Bonchev–Trinajstić information content (AvgIpc) is 2.74. The van der Waals surface area contributed by atoms with Crippen molar-refractivity contribution in [2.24, 2.45) is 11.3 Å². The van der Waals surface area contributed by atoms with Crippen LogP contribution in [-0.4, -0.2) is 30.5 Å². The van der Waals surface area contributed by atoms with E-state index in [-0.39, 0.29) is 23.3 Å². The zero-order chi connectivity index (χ0) is 12.2. The molecule has 1 N–H and O–H groups in total. The Morgan fingerprint density at radius 1 is 1.56 bits per heavy atom. The standard InChI is InChI=1S/C12H22BrNO2/c1-4-10-9(5-6-16-10)11(15)14-8-12(2,3)7-13/h9-10H,4-8H2,1-3H3,(H,14,15). The van der Waals surface area contributed by atoms with Crippen molar-refractivity contribution in [3.05, 3.63) is 0 Å². The van der Waals surface area contributed by atoms with Gasteiger partial charge in [0.05, 0.1) is 12.0 Å². The fourth-order valence-electron chi connectivity index (χ4n) is 1.86. The highest BCUT2D eigenvalue weighted by Gasteiger charge is 2.33. The van der Waals surface area contributed by atoms with Crippen molar-refractivity contribution in [1.82, 2.24) is 5.32 Å². The van der Waals surface area contributed by atoms with Crippen LogP contribution in [0.15, 0.2) is 0 Å². The zero-order valence-electron chi connectivity index (χ0n) is 10.4. The molecule has 4 heteroatoms. The van der Waals surface area contributed by atoms with E-state index in [2.05, 4.69) is 42.0 Å².